The van der Waals surface area contributed by atoms with Crippen LogP contribution in [-0.2, 0) is 17.6 Å². The highest BCUT2D eigenvalue weighted by Gasteiger charge is 2.33. The molecule has 0 radical (unpaired) electrons. The van der Waals surface area contributed by atoms with Crippen molar-refractivity contribution < 1.29 is 14.0 Å². The number of amides is 2. The predicted molar refractivity (Wildman–Crippen MR) is 71.1 cm³/mol. The molecule has 0 spiro atoms. The zero-order valence-electron chi connectivity index (χ0n) is 10.4. The van der Waals surface area contributed by atoms with E-state index in [9.17, 15) is 14.0 Å². The molecule has 0 saturated heterocycles. The molecule has 1 atom stereocenters. The summed E-state index contributed by atoms with van der Waals surface area (Å²) in [7, 11) is 0. The van der Waals surface area contributed by atoms with Gasteiger partial charge in [-0.2, -0.15) is 0 Å². The fourth-order valence-corrected chi connectivity index (χ4v) is 3.77. The number of hydrogen-bond donors (Lipinski definition) is 2. The van der Waals surface area contributed by atoms with Gasteiger partial charge in [0.15, 0.2) is 0 Å². The van der Waals surface area contributed by atoms with E-state index < -0.39 is 12.1 Å². The van der Waals surface area contributed by atoms with Gasteiger partial charge in [0.2, 0.25) is 5.91 Å². The Balaban J connectivity index is 1.93. The van der Waals surface area contributed by atoms with E-state index in [2.05, 4.69) is 5.32 Å². The average molecular weight is 282 g/mol. The summed E-state index contributed by atoms with van der Waals surface area (Å²) in [6, 6.07) is 0. The molecule has 102 valence electrons. The maximum absolute atomic E-state index is 13.4. The van der Waals surface area contributed by atoms with Crippen LogP contribution in [0.2, 0.25) is 0 Å². The van der Waals surface area contributed by atoms with Gasteiger partial charge in [-0.1, -0.05) is 0 Å². The molecule has 0 aromatic carbocycles. The third kappa shape index (κ3) is 2.36. The number of halogens is 1. The van der Waals surface area contributed by atoms with Gasteiger partial charge in [-0.25, -0.2) is 4.39 Å². The molecule has 1 aromatic heterocycles. The molecule has 3 rings (SSSR count). The first-order valence-electron chi connectivity index (χ1n) is 6.45. The van der Waals surface area contributed by atoms with Crippen LogP contribution in [0.25, 0.3) is 0 Å². The zero-order chi connectivity index (χ0) is 13.6. The third-order valence-electron chi connectivity index (χ3n) is 3.64. The summed E-state index contributed by atoms with van der Waals surface area (Å²) in [5.41, 5.74) is 6.63. The number of carbonyl (C=O) groups excluding carboxylic acids is 2. The van der Waals surface area contributed by atoms with E-state index in [1.54, 1.807) is 0 Å². The van der Waals surface area contributed by atoms with Crippen LogP contribution in [0, 0.1) is 5.92 Å². The minimum absolute atomic E-state index is 0.0575. The molecule has 1 unspecified atom stereocenters. The Labute approximate surface area is 114 Å². The molecule has 6 heteroatoms. The largest absolute Gasteiger partial charge is 0.365 e. The topological polar surface area (TPSA) is 72.2 Å². The molecule has 0 bridgehead atoms. The lowest BCUT2D eigenvalue weighted by atomic mass is 9.94. The van der Waals surface area contributed by atoms with Gasteiger partial charge >= 0.3 is 0 Å². The minimum Gasteiger partial charge on any atom is -0.365 e. The van der Waals surface area contributed by atoms with Crippen molar-refractivity contribution in [1.29, 1.82) is 0 Å². The highest BCUT2D eigenvalue weighted by atomic mass is 32.1. The van der Waals surface area contributed by atoms with E-state index >= 15 is 0 Å². The summed E-state index contributed by atoms with van der Waals surface area (Å²) in [5, 5.41) is 3.29. The second-order valence-corrected chi connectivity index (χ2v) is 6.28. The highest BCUT2D eigenvalue weighted by Crippen LogP contribution is 2.40. The summed E-state index contributed by atoms with van der Waals surface area (Å²) < 4.78 is 13.4. The van der Waals surface area contributed by atoms with Crippen LogP contribution >= 0.6 is 11.3 Å². The molecule has 1 fully saturated rings. The van der Waals surface area contributed by atoms with Crippen LogP contribution in [0.4, 0.5) is 9.39 Å². The van der Waals surface area contributed by atoms with Crippen LogP contribution in [-0.4, -0.2) is 18.0 Å². The summed E-state index contributed by atoms with van der Waals surface area (Å²) >= 11 is 1.29. The number of hydrogen-bond acceptors (Lipinski definition) is 3. The molecule has 4 nitrogen and oxygen atoms in total. The monoisotopic (exact) mass is 282 g/mol. The molecular weight excluding hydrogens is 267 g/mol. The first-order valence-corrected chi connectivity index (χ1v) is 7.27. The van der Waals surface area contributed by atoms with Crippen molar-refractivity contribution in [1.82, 2.24) is 0 Å². The molecule has 2 aliphatic rings. The normalized spacial score (nSPS) is 21.8. The van der Waals surface area contributed by atoms with Gasteiger partial charge in [0.1, 0.15) is 11.2 Å². The maximum atomic E-state index is 13.4. The summed E-state index contributed by atoms with van der Waals surface area (Å²) in [6.45, 7) is 0. The molecule has 2 aliphatic carbocycles. The lowest BCUT2D eigenvalue weighted by Gasteiger charge is -2.15. The smallest absolute Gasteiger partial charge is 0.251 e. The highest BCUT2D eigenvalue weighted by molar-refractivity contribution is 7.17. The predicted octanol–water partition coefficient (Wildman–Crippen LogP) is 2.02. The number of carbonyl (C=O) groups is 2. The van der Waals surface area contributed by atoms with Gasteiger partial charge in [0.05, 0.1) is 5.56 Å². The number of rotatable bonds is 3. The first kappa shape index (κ1) is 12.6. The number of thiophene rings is 1. The van der Waals surface area contributed by atoms with E-state index in [0.29, 0.717) is 29.8 Å². The molecule has 19 heavy (non-hydrogen) atoms. The molecule has 1 saturated carbocycles. The lowest BCUT2D eigenvalue weighted by molar-refractivity contribution is -0.117. The van der Waals surface area contributed by atoms with Crippen molar-refractivity contribution in [3.05, 3.63) is 16.0 Å². The fourth-order valence-electron chi connectivity index (χ4n) is 2.45. The molecule has 3 N–H and O–H groups in total. The summed E-state index contributed by atoms with van der Waals surface area (Å²) in [5.74, 6) is -0.535. The van der Waals surface area contributed by atoms with Crippen LogP contribution < -0.4 is 11.1 Å². The number of primary amides is 1. The van der Waals surface area contributed by atoms with Crippen LogP contribution in [0.3, 0.4) is 0 Å². The van der Waals surface area contributed by atoms with E-state index in [-0.39, 0.29) is 11.8 Å². The number of fused-ring (bicyclic) bond motifs is 1. The van der Waals surface area contributed by atoms with Gasteiger partial charge in [-0.3, -0.25) is 9.59 Å². The number of nitrogens with two attached hydrogens (primary N) is 1. The second kappa shape index (κ2) is 4.59. The van der Waals surface area contributed by atoms with Crippen molar-refractivity contribution >= 4 is 28.2 Å². The van der Waals surface area contributed by atoms with Crippen LogP contribution in [0.5, 0.6) is 0 Å². The number of alkyl halides is 1. The second-order valence-electron chi connectivity index (χ2n) is 5.18. The van der Waals surface area contributed by atoms with Gasteiger partial charge < -0.3 is 11.1 Å². The lowest BCUT2D eigenvalue weighted by Crippen LogP contribution is -2.20. The Morgan fingerprint density at radius 3 is 2.68 bits per heavy atom. The van der Waals surface area contributed by atoms with Gasteiger partial charge in [-0.15, -0.1) is 11.3 Å². The molecule has 2 amide bonds. The SMILES string of the molecule is NC(=O)c1c(NC(=O)C2CC2)sc2c1CCC(F)C2. The minimum atomic E-state index is -0.862. The van der Waals surface area contributed by atoms with E-state index in [1.165, 1.54) is 11.3 Å². The fraction of sp³-hybridized carbons (Fsp3) is 0.538. The Morgan fingerprint density at radius 1 is 1.32 bits per heavy atom. The van der Waals surface area contributed by atoms with Crippen LogP contribution in [0.15, 0.2) is 0 Å². The van der Waals surface area contributed by atoms with Crippen LogP contribution in [0.1, 0.15) is 40.1 Å². The van der Waals surface area contributed by atoms with Crippen molar-refractivity contribution in [2.75, 3.05) is 5.32 Å². The Kier molecular flexibility index (Phi) is 3.05. The van der Waals surface area contributed by atoms with Crippen molar-refractivity contribution in [3.8, 4) is 0 Å². The quantitative estimate of drug-likeness (QED) is 0.890. The molecule has 1 heterocycles. The van der Waals surface area contributed by atoms with E-state index in [0.717, 1.165) is 23.3 Å². The van der Waals surface area contributed by atoms with Crippen molar-refractivity contribution in [3.63, 3.8) is 0 Å². The standard InChI is InChI=1S/C13H15FN2O2S/c14-7-3-4-8-9(5-7)19-13(10(8)11(15)17)16-12(18)6-1-2-6/h6-7H,1-5H2,(H2,15,17)(H,16,18). The number of anilines is 1. The molecule has 1 aromatic rings. The van der Waals surface area contributed by atoms with Gasteiger partial charge in [0, 0.05) is 17.2 Å². The molecular formula is C13H15FN2O2S. The Morgan fingerprint density at radius 2 is 2.05 bits per heavy atom. The Bertz CT molecular complexity index is 551. The van der Waals surface area contributed by atoms with E-state index in [4.69, 9.17) is 5.73 Å². The zero-order valence-corrected chi connectivity index (χ0v) is 11.2. The van der Waals surface area contributed by atoms with Gasteiger partial charge in [0.25, 0.3) is 5.91 Å². The summed E-state index contributed by atoms with van der Waals surface area (Å²) in [6.07, 6.45) is 2.19. The molecule has 0 aliphatic heterocycles. The first-order chi connectivity index (χ1) is 9.06. The Hall–Kier alpha value is -1.43. The number of nitrogens with one attached hydrogen (secondary N) is 1. The van der Waals surface area contributed by atoms with Crippen molar-refractivity contribution in [2.45, 2.75) is 38.3 Å². The van der Waals surface area contributed by atoms with Crippen molar-refractivity contribution in [2.24, 2.45) is 11.7 Å². The average Bonchev–Trinajstić information content (AvgIpc) is 3.11. The summed E-state index contributed by atoms with van der Waals surface area (Å²) in [4.78, 5) is 24.2. The third-order valence-corrected chi connectivity index (χ3v) is 4.81. The van der Waals surface area contributed by atoms with Gasteiger partial charge in [-0.05, 0) is 31.2 Å². The van der Waals surface area contributed by atoms with E-state index in [1.807, 2.05) is 0 Å². The maximum Gasteiger partial charge on any atom is 0.251 e.